The molecule has 0 aromatic heterocycles. The van der Waals surface area contributed by atoms with Gasteiger partial charge in [0.15, 0.2) is 6.10 Å². The summed E-state index contributed by atoms with van der Waals surface area (Å²) in [7, 11) is 1.41. The summed E-state index contributed by atoms with van der Waals surface area (Å²) in [4.78, 5) is 37.0. The molecular formula is C18H26N2O6. The van der Waals surface area contributed by atoms with E-state index in [-0.39, 0.29) is 26.2 Å². The van der Waals surface area contributed by atoms with Crippen molar-refractivity contribution in [3.8, 4) is 0 Å². The third-order valence-electron chi connectivity index (χ3n) is 3.50. The van der Waals surface area contributed by atoms with E-state index in [1.54, 1.807) is 13.8 Å². The zero-order valence-corrected chi connectivity index (χ0v) is 15.3. The number of aliphatic hydroxyl groups excluding tert-OH is 1. The number of ether oxygens (including phenoxy) is 2. The molecule has 0 bridgehead atoms. The first kappa shape index (κ1) is 21.4. The summed E-state index contributed by atoms with van der Waals surface area (Å²) in [6, 6.07) is 7.71. The van der Waals surface area contributed by atoms with Crippen LogP contribution in [0.25, 0.3) is 0 Å². The molecule has 2 amide bonds. The van der Waals surface area contributed by atoms with Crippen LogP contribution in [0.4, 0.5) is 4.79 Å². The first-order valence-electron chi connectivity index (χ1n) is 8.45. The highest BCUT2D eigenvalue weighted by Crippen LogP contribution is 2.06. The van der Waals surface area contributed by atoms with E-state index in [1.165, 1.54) is 7.05 Å². The van der Waals surface area contributed by atoms with E-state index in [9.17, 15) is 19.5 Å². The largest absolute Gasteiger partial charge is 0.464 e. The number of carbonyl (C=O) groups is 3. The number of rotatable bonds is 9. The standard InChI is InChI=1S/C18H26N2O6/c1-4-25-16(22)14(11-13-9-7-6-8-10-13)19-18(24)20(3)12-15(21)17(23)26-5-2/h6-10,14-15,21H,4-5,11-12H2,1-3H3,(H,19,24)/t14-,15?/m0/s1. The minimum Gasteiger partial charge on any atom is -0.464 e. The maximum absolute atomic E-state index is 12.3. The van der Waals surface area contributed by atoms with Crippen molar-refractivity contribution in [2.75, 3.05) is 26.8 Å². The van der Waals surface area contributed by atoms with Gasteiger partial charge in [-0.2, -0.15) is 0 Å². The second kappa shape index (κ2) is 11.1. The van der Waals surface area contributed by atoms with Crippen molar-refractivity contribution < 1.29 is 29.0 Å². The van der Waals surface area contributed by atoms with E-state index in [4.69, 9.17) is 9.47 Å². The highest BCUT2D eigenvalue weighted by Gasteiger charge is 2.26. The van der Waals surface area contributed by atoms with Crippen molar-refractivity contribution in [1.82, 2.24) is 10.2 Å². The van der Waals surface area contributed by atoms with Gasteiger partial charge in [-0.25, -0.2) is 14.4 Å². The molecule has 2 atom stereocenters. The molecule has 0 radical (unpaired) electrons. The summed E-state index contributed by atoms with van der Waals surface area (Å²) < 4.78 is 9.71. The quantitative estimate of drug-likeness (QED) is 0.624. The number of amides is 2. The van der Waals surface area contributed by atoms with Crippen LogP contribution in [0.3, 0.4) is 0 Å². The zero-order valence-electron chi connectivity index (χ0n) is 15.3. The summed E-state index contributed by atoms with van der Waals surface area (Å²) in [6.07, 6.45) is -1.19. The minimum atomic E-state index is -1.46. The maximum Gasteiger partial charge on any atom is 0.336 e. The fourth-order valence-electron chi connectivity index (χ4n) is 2.20. The lowest BCUT2D eigenvalue weighted by Gasteiger charge is -2.24. The lowest BCUT2D eigenvalue weighted by atomic mass is 10.1. The Labute approximate surface area is 153 Å². The molecule has 1 rings (SSSR count). The Balaban J connectivity index is 2.71. The van der Waals surface area contributed by atoms with Crippen LogP contribution in [0.5, 0.6) is 0 Å². The van der Waals surface area contributed by atoms with E-state index >= 15 is 0 Å². The van der Waals surface area contributed by atoms with Gasteiger partial charge in [0.2, 0.25) is 0 Å². The first-order chi connectivity index (χ1) is 12.4. The van der Waals surface area contributed by atoms with E-state index in [2.05, 4.69) is 5.32 Å². The van der Waals surface area contributed by atoms with Crippen LogP contribution in [0.2, 0.25) is 0 Å². The molecule has 0 saturated heterocycles. The van der Waals surface area contributed by atoms with Crippen molar-refractivity contribution >= 4 is 18.0 Å². The molecule has 26 heavy (non-hydrogen) atoms. The third kappa shape index (κ3) is 7.10. The van der Waals surface area contributed by atoms with Crippen LogP contribution in [0, 0.1) is 0 Å². The molecule has 0 spiro atoms. The number of esters is 2. The number of carbonyl (C=O) groups excluding carboxylic acids is 3. The van der Waals surface area contributed by atoms with Crippen molar-refractivity contribution in [3.63, 3.8) is 0 Å². The molecule has 0 heterocycles. The molecule has 8 nitrogen and oxygen atoms in total. The molecule has 0 aliphatic carbocycles. The molecule has 8 heteroatoms. The lowest BCUT2D eigenvalue weighted by molar-refractivity contribution is -0.153. The average Bonchev–Trinajstić information content (AvgIpc) is 2.62. The number of nitrogens with zero attached hydrogens (tertiary/aromatic N) is 1. The van der Waals surface area contributed by atoms with Gasteiger partial charge in [-0.1, -0.05) is 30.3 Å². The monoisotopic (exact) mass is 366 g/mol. The average molecular weight is 366 g/mol. The number of hydrogen-bond donors (Lipinski definition) is 2. The normalized spacial score (nSPS) is 12.6. The zero-order chi connectivity index (χ0) is 19.5. The van der Waals surface area contributed by atoms with Crippen LogP contribution in [0.15, 0.2) is 30.3 Å². The number of benzene rings is 1. The summed E-state index contributed by atoms with van der Waals surface area (Å²) in [6.45, 7) is 3.37. The Kier molecular flexibility index (Phi) is 9.14. The van der Waals surface area contributed by atoms with Gasteiger partial charge in [0.05, 0.1) is 19.8 Å². The van der Waals surface area contributed by atoms with E-state index in [0.717, 1.165) is 10.5 Å². The van der Waals surface area contributed by atoms with Crippen molar-refractivity contribution in [2.45, 2.75) is 32.4 Å². The Morgan fingerprint density at radius 2 is 1.65 bits per heavy atom. The molecule has 0 saturated carbocycles. The van der Waals surface area contributed by atoms with Gasteiger partial charge in [0, 0.05) is 13.5 Å². The summed E-state index contributed by atoms with van der Waals surface area (Å²) >= 11 is 0. The van der Waals surface area contributed by atoms with Gasteiger partial charge < -0.3 is 24.8 Å². The van der Waals surface area contributed by atoms with Crippen LogP contribution in [-0.2, 0) is 25.5 Å². The number of nitrogens with one attached hydrogen (secondary N) is 1. The van der Waals surface area contributed by atoms with Crippen molar-refractivity contribution in [3.05, 3.63) is 35.9 Å². The molecule has 144 valence electrons. The third-order valence-corrected chi connectivity index (χ3v) is 3.50. The molecule has 0 aliphatic heterocycles. The van der Waals surface area contributed by atoms with Crippen molar-refractivity contribution in [2.24, 2.45) is 0 Å². The number of aliphatic hydroxyl groups is 1. The highest BCUT2D eigenvalue weighted by molar-refractivity contribution is 5.84. The predicted octanol–water partition coefficient (Wildman–Crippen LogP) is 0.726. The molecule has 0 fully saturated rings. The van der Waals surface area contributed by atoms with Gasteiger partial charge in [0.25, 0.3) is 0 Å². The fraction of sp³-hybridized carbons (Fsp3) is 0.500. The van der Waals surface area contributed by atoms with E-state index in [0.29, 0.717) is 0 Å². The molecule has 1 unspecified atom stereocenters. The SMILES string of the molecule is CCOC(=O)C(O)CN(C)C(=O)N[C@@H](Cc1ccccc1)C(=O)OCC. The van der Waals surface area contributed by atoms with Gasteiger partial charge in [-0.05, 0) is 19.4 Å². The topological polar surface area (TPSA) is 105 Å². The summed E-state index contributed by atoms with van der Waals surface area (Å²) in [5, 5.41) is 12.3. The molecule has 2 N–H and O–H groups in total. The van der Waals surface area contributed by atoms with Crippen LogP contribution in [-0.4, -0.2) is 66.9 Å². The molecular weight excluding hydrogens is 340 g/mol. The number of likely N-dealkylation sites (N-methyl/N-ethyl adjacent to an activating group) is 1. The molecule has 1 aromatic carbocycles. The predicted molar refractivity (Wildman–Crippen MR) is 94.4 cm³/mol. The van der Waals surface area contributed by atoms with Gasteiger partial charge in [0.1, 0.15) is 6.04 Å². The second-order valence-electron chi connectivity index (χ2n) is 5.59. The Morgan fingerprint density at radius 3 is 2.23 bits per heavy atom. The van der Waals surface area contributed by atoms with Gasteiger partial charge in [-0.3, -0.25) is 0 Å². The summed E-state index contributed by atoms with van der Waals surface area (Å²) in [5.41, 5.74) is 0.861. The Bertz CT molecular complexity index is 593. The van der Waals surface area contributed by atoms with E-state index in [1.807, 2.05) is 30.3 Å². The maximum atomic E-state index is 12.3. The van der Waals surface area contributed by atoms with Crippen LogP contribution >= 0.6 is 0 Å². The second-order valence-corrected chi connectivity index (χ2v) is 5.59. The first-order valence-corrected chi connectivity index (χ1v) is 8.45. The summed E-state index contributed by atoms with van der Waals surface area (Å²) in [5.74, 6) is -1.36. The van der Waals surface area contributed by atoms with Gasteiger partial charge >= 0.3 is 18.0 Å². The number of hydrogen-bond acceptors (Lipinski definition) is 6. The smallest absolute Gasteiger partial charge is 0.336 e. The van der Waals surface area contributed by atoms with E-state index < -0.39 is 30.1 Å². The van der Waals surface area contributed by atoms with Gasteiger partial charge in [-0.15, -0.1) is 0 Å². The van der Waals surface area contributed by atoms with Crippen molar-refractivity contribution in [1.29, 1.82) is 0 Å². The van der Waals surface area contributed by atoms with Crippen LogP contribution < -0.4 is 5.32 Å². The number of urea groups is 1. The Morgan fingerprint density at radius 1 is 1.08 bits per heavy atom. The fourth-order valence-corrected chi connectivity index (χ4v) is 2.20. The van der Waals surface area contributed by atoms with Crippen LogP contribution in [0.1, 0.15) is 19.4 Å². The molecule has 1 aromatic rings. The highest BCUT2D eigenvalue weighted by atomic mass is 16.5. The Hall–Kier alpha value is -2.61. The minimum absolute atomic E-state index is 0.133. The molecule has 0 aliphatic rings. The lowest BCUT2D eigenvalue weighted by Crippen LogP contribution is -2.50.